The maximum Gasteiger partial charge on any atom is 0.232 e. The number of hydrogen-bond acceptors (Lipinski definition) is 3. The fraction of sp³-hybridized carbons (Fsp3) is 0.350. The predicted octanol–water partition coefficient (Wildman–Crippen LogP) is 4.29. The van der Waals surface area contributed by atoms with Crippen molar-refractivity contribution in [2.75, 3.05) is 23.7 Å². The zero-order valence-corrected chi connectivity index (χ0v) is 18.0. The molecule has 2 rings (SSSR count). The zero-order valence-electron chi connectivity index (χ0n) is 15.7. The van der Waals surface area contributed by atoms with Crippen LogP contribution in [0.2, 0.25) is 10.0 Å². The van der Waals surface area contributed by atoms with Crippen molar-refractivity contribution in [2.45, 2.75) is 25.7 Å². The summed E-state index contributed by atoms with van der Waals surface area (Å²) in [6, 6.07) is 14.7. The Morgan fingerprint density at radius 1 is 1.04 bits per heavy atom. The Morgan fingerprint density at radius 2 is 1.75 bits per heavy atom. The molecule has 1 amide bonds. The van der Waals surface area contributed by atoms with E-state index in [0.717, 1.165) is 19.1 Å². The normalized spacial score (nSPS) is 11.2. The highest BCUT2D eigenvalue weighted by atomic mass is 35.5. The number of carbonyl (C=O) groups excluding carboxylic acids is 1. The molecule has 0 unspecified atom stereocenters. The minimum atomic E-state index is -3.50. The van der Waals surface area contributed by atoms with E-state index in [0.29, 0.717) is 23.7 Å². The minimum absolute atomic E-state index is 0.0874. The van der Waals surface area contributed by atoms with Crippen molar-refractivity contribution in [1.82, 2.24) is 5.32 Å². The molecule has 0 atom stereocenters. The van der Waals surface area contributed by atoms with E-state index in [1.54, 1.807) is 12.1 Å². The summed E-state index contributed by atoms with van der Waals surface area (Å²) in [6.45, 7) is 0.782. The van der Waals surface area contributed by atoms with Crippen LogP contribution in [0.25, 0.3) is 0 Å². The molecule has 0 radical (unpaired) electrons. The number of halogens is 2. The number of benzene rings is 2. The van der Waals surface area contributed by atoms with Gasteiger partial charge >= 0.3 is 0 Å². The molecule has 0 aliphatic carbocycles. The maximum atomic E-state index is 12.1. The topological polar surface area (TPSA) is 66.5 Å². The van der Waals surface area contributed by atoms with Crippen LogP contribution in [0.5, 0.6) is 0 Å². The van der Waals surface area contributed by atoms with Crippen molar-refractivity contribution in [3.05, 3.63) is 64.1 Å². The van der Waals surface area contributed by atoms with E-state index in [9.17, 15) is 13.2 Å². The summed E-state index contributed by atoms with van der Waals surface area (Å²) in [4.78, 5) is 12.0. The molecule has 0 aliphatic heterocycles. The summed E-state index contributed by atoms with van der Waals surface area (Å²) in [5.74, 6) is -0.0874. The van der Waals surface area contributed by atoms with Crippen molar-refractivity contribution in [3.8, 4) is 0 Å². The van der Waals surface area contributed by atoms with Gasteiger partial charge in [0.25, 0.3) is 0 Å². The molecule has 0 heterocycles. The molecule has 0 saturated heterocycles. The summed E-state index contributed by atoms with van der Waals surface area (Å²) in [6.07, 6.45) is 3.53. The lowest BCUT2D eigenvalue weighted by Crippen LogP contribution is -2.32. The highest BCUT2D eigenvalue weighted by molar-refractivity contribution is 7.92. The van der Waals surface area contributed by atoms with Gasteiger partial charge in [0, 0.05) is 19.5 Å². The molecule has 0 bridgehead atoms. The van der Waals surface area contributed by atoms with Crippen LogP contribution in [0.4, 0.5) is 5.69 Å². The van der Waals surface area contributed by atoms with Crippen LogP contribution >= 0.6 is 23.2 Å². The predicted molar refractivity (Wildman–Crippen MR) is 116 cm³/mol. The van der Waals surface area contributed by atoms with Crippen molar-refractivity contribution in [3.63, 3.8) is 0 Å². The lowest BCUT2D eigenvalue weighted by Gasteiger charge is -2.22. The summed E-state index contributed by atoms with van der Waals surface area (Å²) >= 11 is 11.9. The quantitative estimate of drug-likeness (QED) is 0.558. The van der Waals surface area contributed by atoms with Crippen molar-refractivity contribution < 1.29 is 13.2 Å². The Balaban J connectivity index is 1.78. The number of rotatable bonds is 10. The summed E-state index contributed by atoms with van der Waals surface area (Å²) in [5.41, 5.74) is 1.67. The third-order valence-corrected chi connectivity index (χ3v) is 6.10. The summed E-state index contributed by atoms with van der Waals surface area (Å²) in [7, 11) is -3.50. The third kappa shape index (κ3) is 7.34. The Labute approximate surface area is 176 Å². The van der Waals surface area contributed by atoms with E-state index in [-0.39, 0.29) is 23.9 Å². The molecular weight excluding hydrogens is 419 g/mol. The first-order valence-electron chi connectivity index (χ1n) is 9.01. The molecule has 1 N–H and O–H groups in total. The smallest absolute Gasteiger partial charge is 0.232 e. The van der Waals surface area contributed by atoms with E-state index in [1.165, 1.54) is 15.9 Å². The molecule has 0 aliphatic rings. The van der Waals surface area contributed by atoms with Gasteiger partial charge < -0.3 is 5.32 Å². The number of hydrogen-bond donors (Lipinski definition) is 1. The number of aryl methyl sites for hydroxylation is 1. The van der Waals surface area contributed by atoms with Crippen LogP contribution in [-0.4, -0.2) is 33.7 Å². The second kappa shape index (κ2) is 10.7. The fourth-order valence-electron chi connectivity index (χ4n) is 2.76. The summed E-state index contributed by atoms with van der Waals surface area (Å²) < 4.78 is 25.4. The van der Waals surface area contributed by atoms with Gasteiger partial charge in [-0.2, -0.15) is 0 Å². The molecule has 0 aromatic heterocycles. The van der Waals surface area contributed by atoms with Crippen molar-refractivity contribution in [1.29, 1.82) is 0 Å². The monoisotopic (exact) mass is 442 g/mol. The van der Waals surface area contributed by atoms with E-state index < -0.39 is 10.0 Å². The first kappa shape index (κ1) is 22.5. The number of anilines is 1. The van der Waals surface area contributed by atoms with Crippen LogP contribution in [0.15, 0.2) is 48.5 Å². The lowest BCUT2D eigenvalue weighted by atomic mass is 10.1. The van der Waals surface area contributed by atoms with Gasteiger partial charge in [0.1, 0.15) is 0 Å². The first-order chi connectivity index (χ1) is 13.3. The maximum absolute atomic E-state index is 12.1. The van der Waals surface area contributed by atoms with E-state index in [2.05, 4.69) is 17.4 Å². The Morgan fingerprint density at radius 3 is 2.39 bits per heavy atom. The van der Waals surface area contributed by atoms with Crippen LogP contribution < -0.4 is 9.62 Å². The summed E-state index contributed by atoms with van der Waals surface area (Å²) in [5, 5.41) is 3.51. The van der Waals surface area contributed by atoms with Gasteiger partial charge in [-0.05, 0) is 43.0 Å². The van der Waals surface area contributed by atoms with Gasteiger partial charge in [0.2, 0.25) is 15.9 Å². The van der Waals surface area contributed by atoms with Gasteiger partial charge in [-0.3, -0.25) is 9.10 Å². The zero-order chi connectivity index (χ0) is 20.6. The van der Waals surface area contributed by atoms with Gasteiger partial charge in [-0.15, -0.1) is 0 Å². The van der Waals surface area contributed by atoms with Crippen molar-refractivity contribution >= 4 is 44.8 Å². The fourth-order valence-corrected chi connectivity index (χ4v) is 4.01. The van der Waals surface area contributed by atoms with Crippen molar-refractivity contribution in [2.24, 2.45) is 0 Å². The molecule has 2 aromatic rings. The molecule has 152 valence electrons. The van der Waals surface area contributed by atoms with Crippen LogP contribution in [0.1, 0.15) is 24.8 Å². The van der Waals surface area contributed by atoms with Crippen LogP contribution in [-0.2, 0) is 21.2 Å². The number of sulfonamides is 1. The molecular formula is C20H24Cl2N2O3S. The van der Waals surface area contributed by atoms with Gasteiger partial charge in [0.15, 0.2) is 0 Å². The van der Waals surface area contributed by atoms with Crippen LogP contribution in [0, 0.1) is 0 Å². The number of nitrogens with zero attached hydrogens (tertiary/aromatic N) is 1. The highest BCUT2D eigenvalue weighted by Gasteiger charge is 2.18. The lowest BCUT2D eigenvalue weighted by molar-refractivity contribution is -0.121. The Bertz CT molecular complexity index is 890. The second-order valence-corrected chi connectivity index (χ2v) is 9.20. The number of nitrogens with one attached hydrogen (secondary N) is 1. The Hall–Kier alpha value is -1.76. The third-order valence-electron chi connectivity index (χ3n) is 4.16. The van der Waals surface area contributed by atoms with Gasteiger partial charge in [-0.1, -0.05) is 53.5 Å². The van der Waals surface area contributed by atoms with E-state index in [4.69, 9.17) is 23.2 Å². The molecule has 0 saturated carbocycles. The molecule has 0 spiro atoms. The number of carbonyl (C=O) groups is 1. The SMILES string of the molecule is CS(=O)(=O)N(CCCC(=O)NCCCc1ccccc1)c1ccc(Cl)c(Cl)c1. The largest absolute Gasteiger partial charge is 0.356 e. The second-order valence-electron chi connectivity index (χ2n) is 6.48. The minimum Gasteiger partial charge on any atom is -0.356 e. The van der Waals surface area contributed by atoms with Crippen LogP contribution in [0.3, 0.4) is 0 Å². The average molecular weight is 443 g/mol. The molecule has 2 aromatic carbocycles. The van der Waals surface area contributed by atoms with Gasteiger partial charge in [0.05, 0.1) is 22.0 Å². The average Bonchev–Trinajstić information content (AvgIpc) is 2.65. The molecule has 28 heavy (non-hydrogen) atoms. The molecule has 8 heteroatoms. The number of amides is 1. The highest BCUT2D eigenvalue weighted by Crippen LogP contribution is 2.28. The standard InChI is InChI=1S/C20H24Cl2N2O3S/c1-28(26,27)24(17-11-12-18(21)19(22)15-17)14-6-10-20(25)23-13-5-9-16-7-3-2-4-8-16/h2-4,7-8,11-12,15H,5-6,9-10,13-14H2,1H3,(H,23,25). The molecule has 5 nitrogen and oxygen atoms in total. The molecule has 0 fully saturated rings. The van der Waals surface area contributed by atoms with E-state index in [1.807, 2.05) is 18.2 Å². The van der Waals surface area contributed by atoms with E-state index >= 15 is 0 Å². The first-order valence-corrected chi connectivity index (χ1v) is 11.6. The van der Waals surface area contributed by atoms with Gasteiger partial charge in [-0.25, -0.2) is 8.42 Å². The Kier molecular flexibility index (Phi) is 8.60.